The number of aryl methyl sites for hydroxylation is 1. The second-order valence-electron chi connectivity index (χ2n) is 4.61. The summed E-state index contributed by atoms with van der Waals surface area (Å²) in [4.78, 5) is 32.4. The van der Waals surface area contributed by atoms with Crippen molar-refractivity contribution in [2.75, 3.05) is 5.75 Å². The second-order valence-corrected chi connectivity index (χ2v) is 6.81. The van der Waals surface area contributed by atoms with E-state index in [1.807, 2.05) is 26.8 Å². The summed E-state index contributed by atoms with van der Waals surface area (Å²) >= 11 is 2.73. The summed E-state index contributed by atoms with van der Waals surface area (Å²) in [5.41, 5.74) is -0.149. The Kier molecular flexibility index (Phi) is 4.82. The van der Waals surface area contributed by atoms with Crippen molar-refractivity contribution in [3.63, 3.8) is 0 Å². The lowest BCUT2D eigenvalue weighted by Gasteiger charge is -2.10. The molecule has 2 N–H and O–H groups in total. The first-order valence-electron chi connectivity index (χ1n) is 6.42. The molecule has 2 aromatic rings. The molecule has 0 aliphatic rings. The molecule has 0 saturated heterocycles. The van der Waals surface area contributed by atoms with E-state index < -0.39 is 0 Å². The third-order valence-corrected chi connectivity index (χ3v) is 4.68. The highest BCUT2D eigenvalue weighted by molar-refractivity contribution is 7.99. The van der Waals surface area contributed by atoms with Crippen molar-refractivity contribution in [3.05, 3.63) is 21.3 Å². The number of nitrogens with zero attached hydrogens (tertiary/aromatic N) is 1. The summed E-state index contributed by atoms with van der Waals surface area (Å²) in [7, 11) is 0. The Morgan fingerprint density at radius 3 is 3.05 bits per heavy atom. The summed E-state index contributed by atoms with van der Waals surface area (Å²) in [6.07, 6.45) is 0.895. The van der Waals surface area contributed by atoms with Crippen LogP contribution in [0.4, 0.5) is 0 Å². The maximum absolute atomic E-state index is 11.9. The average Bonchev–Trinajstić information content (AvgIpc) is 2.77. The van der Waals surface area contributed by atoms with Crippen LogP contribution in [0.2, 0.25) is 0 Å². The minimum absolute atomic E-state index is 0.0468. The van der Waals surface area contributed by atoms with Crippen LogP contribution in [0.25, 0.3) is 10.2 Å². The predicted molar refractivity (Wildman–Crippen MR) is 83.6 cm³/mol. The standard InChI is InChI=1S/C13H17N3O2S2/c1-4-7(2)14-10(17)6-19-13-15-11(18)9-5-8(3)20-12(9)16-13/h5,7H,4,6H2,1-3H3,(H,14,17)(H,15,16,18). The molecule has 7 heteroatoms. The SMILES string of the molecule is CCC(C)NC(=O)CSc1nc2sc(C)cc2c(=O)[nH]1. The number of hydrogen-bond donors (Lipinski definition) is 2. The summed E-state index contributed by atoms with van der Waals surface area (Å²) in [5, 5.41) is 3.98. The van der Waals surface area contributed by atoms with Crippen LogP contribution in [0.1, 0.15) is 25.1 Å². The van der Waals surface area contributed by atoms with E-state index in [2.05, 4.69) is 15.3 Å². The molecule has 0 aliphatic carbocycles. The van der Waals surface area contributed by atoms with Gasteiger partial charge in [0.2, 0.25) is 5.91 Å². The molecule has 0 aliphatic heterocycles. The van der Waals surface area contributed by atoms with E-state index in [0.29, 0.717) is 10.5 Å². The summed E-state index contributed by atoms with van der Waals surface area (Å²) < 4.78 is 0. The van der Waals surface area contributed by atoms with Crippen LogP contribution < -0.4 is 10.9 Å². The van der Waals surface area contributed by atoms with E-state index >= 15 is 0 Å². The number of thioether (sulfide) groups is 1. The van der Waals surface area contributed by atoms with Crippen molar-refractivity contribution in [2.24, 2.45) is 0 Å². The zero-order valence-electron chi connectivity index (χ0n) is 11.6. The molecule has 1 amide bonds. The number of amides is 1. The van der Waals surface area contributed by atoms with Gasteiger partial charge in [0.25, 0.3) is 5.56 Å². The monoisotopic (exact) mass is 311 g/mol. The van der Waals surface area contributed by atoms with Gasteiger partial charge < -0.3 is 10.3 Å². The Bertz CT molecular complexity index is 678. The van der Waals surface area contributed by atoms with E-state index in [4.69, 9.17) is 0 Å². The molecule has 1 atom stereocenters. The van der Waals surface area contributed by atoms with Gasteiger partial charge in [-0.1, -0.05) is 18.7 Å². The van der Waals surface area contributed by atoms with Gasteiger partial charge in [0.1, 0.15) is 4.83 Å². The van der Waals surface area contributed by atoms with E-state index in [1.54, 1.807) is 0 Å². The fourth-order valence-electron chi connectivity index (χ4n) is 1.65. The van der Waals surface area contributed by atoms with Gasteiger partial charge in [0.15, 0.2) is 5.16 Å². The quantitative estimate of drug-likeness (QED) is 0.656. The number of H-pyrrole nitrogens is 1. The third kappa shape index (κ3) is 3.61. The van der Waals surface area contributed by atoms with Crippen LogP contribution in [0.5, 0.6) is 0 Å². The van der Waals surface area contributed by atoms with E-state index in [9.17, 15) is 9.59 Å². The minimum atomic E-state index is -0.149. The Morgan fingerprint density at radius 2 is 2.35 bits per heavy atom. The molecule has 0 aromatic carbocycles. The molecule has 108 valence electrons. The molecule has 0 bridgehead atoms. The lowest BCUT2D eigenvalue weighted by atomic mass is 10.3. The highest BCUT2D eigenvalue weighted by atomic mass is 32.2. The van der Waals surface area contributed by atoms with Crippen molar-refractivity contribution in [1.29, 1.82) is 0 Å². The molecule has 0 fully saturated rings. The fraction of sp³-hybridized carbons (Fsp3) is 0.462. The Morgan fingerprint density at radius 1 is 1.60 bits per heavy atom. The number of aromatic amines is 1. The fourth-order valence-corrected chi connectivity index (χ4v) is 3.26. The Balaban J connectivity index is 2.07. The number of aromatic nitrogens is 2. The molecular weight excluding hydrogens is 294 g/mol. The summed E-state index contributed by atoms with van der Waals surface area (Å²) in [6, 6.07) is 1.99. The molecule has 2 aromatic heterocycles. The van der Waals surface area contributed by atoms with Gasteiger partial charge in [-0.3, -0.25) is 9.59 Å². The lowest BCUT2D eigenvalue weighted by Crippen LogP contribution is -2.33. The van der Waals surface area contributed by atoms with Gasteiger partial charge in [-0.15, -0.1) is 11.3 Å². The van der Waals surface area contributed by atoms with Gasteiger partial charge in [0.05, 0.1) is 11.1 Å². The van der Waals surface area contributed by atoms with Crippen LogP contribution in [0, 0.1) is 6.92 Å². The normalized spacial score (nSPS) is 12.6. The van der Waals surface area contributed by atoms with Crippen LogP contribution in [-0.4, -0.2) is 27.7 Å². The van der Waals surface area contributed by atoms with Crippen LogP contribution in [-0.2, 0) is 4.79 Å². The molecular formula is C13H17N3O2S2. The van der Waals surface area contributed by atoms with Crippen LogP contribution >= 0.6 is 23.1 Å². The topological polar surface area (TPSA) is 74.8 Å². The predicted octanol–water partition coefficient (Wildman–Crippen LogP) is 2.30. The van der Waals surface area contributed by atoms with Gasteiger partial charge in [0, 0.05) is 10.9 Å². The van der Waals surface area contributed by atoms with Crippen molar-refractivity contribution in [2.45, 2.75) is 38.4 Å². The number of rotatable bonds is 5. The molecule has 5 nitrogen and oxygen atoms in total. The third-order valence-electron chi connectivity index (χ3n) is 2.86. The second kappa shape index (κ2) is 6.41. The smallest absolute Gasteiger partial charge is 0.260 e. The van der Waals surface area contributed by atoms with Crippen molar-refractivity contribution >= 4 is 39.2 Å². The first-order valence-corrected chi connectivity index (χ1v) is 8.22. The maximum Gasteiger partial charge on any atom is 0.260 e. The van der Waals surface area contributed by atoms with Crippen LogP contribution in [0.3, 0.4) is 0 Å². The molecule has 0 saturated carbocycles. The zero-order chi connectivity index (χ0) is 14.7. The van der Waals surface area contributed by atoms with E-state index in [0.717, 1.165) is 16.1 Å². The highest BCUT2D eigenvalue weighted by Crippen LogP contribution is 2.22. The molecule has 2 heterocycles. The maximum atomic E-state index is 11.9. The highest BCUT2D eigenvalue weighted by Gasteiger charge is 2.10. The average molecular weight is 311 g/mol. The van der Waals surface area contributed by atoms with Gasteiger partial charge in [-0.25, -0.2) is 4.98 Å². The van der Waals surface area contributed by atoms with Gasteiger partial charge in [-0.05, 0) is 26.3 Å². The number of hydrogen-bond acceptors (Lipinski definition) is 5. The number of fused-ring (bicyclic) bond motifs is 1. The molecule has 0 spiro atoms. The van der Waals surface area contributed by atoms with E-state index in [1.165, 1.54) is 23.1 Å². The first-order chi connectivity index (χ1) is 9.49. The minimum Gasteiger partial charge on any atom is -0.353 e. The Hall–Kier alpha value is -1.34. The number of thiophene rings is 1. The van der Waals surface area contributed by atoms with Crippen molar-refractivity contribution < 1.29 is 4.79 Å². The summed E-state index contributed by atoms with van der Waals surface area (Å²) in [6.45, 7) is 5.92. The molecule has 2 rings (SSSR count). The molecule has 0 radical (unpaired) electrons. The van der Waals surface area contributed by atoms with Crippen molar-refractivity contribution in [3.8, 4) is 0 Å². The molecule has 1 unspecified atom stereocenters. The largest absolute Gasteiger partial charge is 0.353 e. The Labute approximate surface area is 125 Å². The zero-order valence-corrected chi connectivity index (χ0v) is 13.3. The molecule has 20 heavy (non-hydrogen) atoms. The number of nitrogens with one attached hydrogen (secondary N) is 2. The van der Waals surface area contributed by atoms with Crippen LogP contribution in [0.15, 0.2) is 16.0 Å². The first kappa shape index (κ1) is 15.1. The van der Waals surface area contributed by atoms with Gasteiger partial charge >= 0.3 is 0 Å². The van der Waals surface area contributed by atoms with Gasteiger partial charge in [-0.2, -0.15) is 0 Å². The number of carbonyl (C=O) groups is 1. The summed E-state index contributed by atoms with van der Waals surface area (Å²) in [5.74, 6) is 0.206. The van der Waals surface area contributed by atoms with E-state index in [-0.39, 0.29) is 23.3 Å². The lowest BCUT2D eigenvalue weighted by molar-refractivity contribution is -0.119. The number of carbonyl (C=O) groups excluding carboxylic acids is 1. The van der Waals surface area contributed by atoms with Crippen molar-refractivity contribution in [1.82, 2.24) is 15.3 Å².